The third-order valence-electron chi connectivity index (χ3n) is 5.67. The van der Waals surface area contributed by atoms with E-state index in [1.165, 1.54) is 18.9 Å². The molecule has 0 aliphatic heterocycles. The predicted octanol–water partition coefficient (Wildman–Crippen LogP) is 4.89. The van der Waals surface area contributed by atoms with Crippen LogP contribution in [0, 0.1) is 11.8 Å². The third kappa shape index (κ3) is 10.3. The first-order valence-electron chi connectivity index (χ1n) is 12.0. The third-order valence-corrected chi connectivity index (χ3v) is 5.67. The highest BCUT2D eigenvalue weighted by atomic mass is 16.6. The van der Waals surface area contributed by atoms with Crippen LogP contribution < -0.4 is 4.74 Å². The van der Waals surface area contributed by atoms with E-state index in [1.54, 1.807) is 37.3 Å². The van der Waals surface area contributed by atoms with Gasteiger partial charge in [0.15, 0.2) is 0 Å². The SMILES string of the molecule is C=C(C)C(=O)OCCOCCOC(=O)C=Cc1ccc(OC(=O)C2CCC(CCC)CC2)cc1. The van der Waals surface area contributed by atoms with E-state index in [1.807, 2.05) is 0 Å². The van der Waals surface area contributed by atoms with Crippen LogP contribution in [-0.4, -0.2) is 44.3 Å². The molecular weight excluding hydrogens is 436 g/mol. The Morgan fingerprint density at radius 1 is 0.971 bits per heavy atom. The maximum absolute atomic E-state index is 12.4. The zero-order chi connectivity index (χ0) is 24.8. The molecule has 2 rings (SSSR count). The summed E-state index contributed by atoms with van der Waals surface area (Å²) in [4.78, 5) is 35.4. The van der Waals surface area contributed by atoms with Gasteiger partial charge in [-0.1, -0.05) is 38.5 Å². The van der Waals surface area contributed by atoms with Gasteiger partial charge in [-0.25, -0.2) is 9.59 Å². The van der Waals surface area contributed by atoms with Crippen LogP contribution in [0.2, 0.25) is 0 Å². The standard InChI is InChI=1S/C27H36O7/c1-4-5-21-6-11-23(12-7-21)27(30)34-24-13-8-22(9-14-24)10-15-25(28)32-18-16-31-17-19-33-26(29)20(2)3/h8-10,13-15,21,23H,2,4-7,11-12,16-19H2,1,3H3. The molecule has 0 spiro atoms. The lowest BCUT2D eigenvalue weighted by atomic mass is 9.80. The van der Waals surface area contributed by atoms with Gasteiger partial charge in [0.25, 0.3) is 0 Å². The largest absolute Gasteiger partial charge is 0.460 e. The second-order valence-corrected chi connectivity index (χ2v) is 8.53. The fourth-order valence-corrected chi connectivity index (χ4v) is 3.77. The van der Waals surface area contributed by atoms with Crippen LogP contribution in [0.15, 0.2) is 42.5 Å². The average Bonchev–Trinajstić information content (AvgIpc) is 2.83. The highest BCUT2D eigenvalue weighted by Gasteiger charge is 2.27. The Kier molecular flexibility index (Phi) is 12.1. The van der Waals surface area contributed by atoms with E-state index in [0.717, 1.165) is 37.2 Å². The van der Waals surface area contributed by atoms with Gasteiger partial charge >= 0.3 is 17.9 Å². The number of esters is 3. The number of carbonyl (C=O) groups is 3. The van der Waals surface area contributed by atoms with Crippen LogP contribution in [0.25, 0.3) is 6.08 Å². The van der Waals surface area contributed by atoms with Crippen molar-refractivity contribution in [3.63, 3.8) is 0 Å². The van der Waals surface area contributed by atoms with E-state index in [2.05, 4.69) is 13.5 Å². The second-order valence-electron chi connectivity index (χ2n) is 8.53. The molecule has 7 nitrogen and oxygen atoms in total. The summed E-state index contributed by atoms with van der Waals surface area (Å²) in [5.74, 6) is 0.127. The predicted molar refractivity (Wildman–Crippen MR) is 129 cm³/mol. The fraction of sp³-hybridized carbons (Fsp3) is 0.519. The Balaban J connectivity index is 1.62. The molecule has 0 heterocycles. The maximum atomic E-state index is 12.4. The molecule has 0 atom stereocenters. The van der Waals surface area contributed by atoms with Crippen molar-refractivity contribution in [2.75, 3.05) is 26.4 Å². The lowest BCUT2D eigenvalue weighted by Gasteiger charge is -2.26. The minimum absolute atomic E-state index is 0.0159. The smallest absolute Gasteiger partial charge is 0.333 e. The van der Waals surface area contributed by atoms with Crippen molar-refractivity contribution in [3.8, 4) is 5.75 Å². The minimum atomic E-state index is -0.494. The first-order chi connectivity index (χ1) is 16.4. The highest BCUT2D eigenvalue weighted by Crippen LogP contribution is 2.32. The summed E-state index contributed by atoms with van der Waals surface area (Å²) >= 11 is 0. The number of benzene rings is 1. The molecule has 0 radical (unpaired) electrons. The molecule has 34 heavy (non-hydrogen) atoms. The number of hydrogen-bond donors (Lipinski definition) is 0. The van der Waals surface area contributed by atoms with E-state index in [-0.39, 0.29) is 38.3 Å². The molecule has 0 unspecified atom stereocenters. The summed E-state index contributed by atoms with van der Waals surface area (Å²) in [6.07, 6.45) is 9.40. The van der Waals surface area contributed by atoms with Gasteiger partial charge in [-0.3, -0.25) is 4.79 Å². The minimum Gasteiger partial charge on any atom is -0.460 e. The Morgan fingerprint density at radius 3 is 2.24 bits per heavy atom. The van der Waals surface area contributed by atoms with Crippen LogP contribution in [-0.2, 0) is 28.6 Å². The monoisotopic (exact) mass is 472 g/mol. The molecule has 0 saturated heterocycles. The fourth-order valence-electron chi connectivity index (χ4n) is 3.77. The van der Waals surface area contributed by atoms with Gasteiger partial charge in [-0.15, -0.1) is 0 Å². The van der Waals surface area contributed by atoms with Gasteiger partial charge < -0.3 is 18.9 Å². The second kappa shape index (κ2) is 15.1. The van der Waals surface area contributed by atoms with Crippen molar-refractivity contribution in [2.24, 2.45) is 11.8 Å². The highest BCUT2D eigenvalue weighted by molar-refractivity contribution is 5.87. The molecular formula is C27H36O7. The van der Waals surface area contributed by atoms with Gasteiger partial charge in [0.05, 0.1) is 19.1 Å². The normalized spacial score (nSPS) is 17.8. The van der Waals surface area contributed by atoms with E-state index in [9.17, 15) is 14.4 Å². The molecule has 1 aromatic carbocycles. The van der Waals surface area contributed by atoms with E-state index in [0.29, 0.717) is 11.3 Å². The number of hydrogen-bond acceptors (Lipinski definition) is 7. The summed E-state index contributed by atoms with van der Waals surface area (Å²) in [6, 6.07) is 7.00. The summed E-state index contributed by atoms with van der Waals surface area (Å²) in [5.41, 5.74) is 1.11. The van der Waals surface area contributed by atoms with Gasteiger partial charge in [0.1, 0.15) is 19.0 Å². The lowest BCUT2D eigenvalue weighted by molar-refractivity contribution is -0.142. The van der Waals surface area contributed by atoms with E-state index < -0.39 is 11.9 Å². The van der Waals surface area contributed by atoms with E-state index in [4.69, 9.17) is 18.9 Å². The molecule has 1 aromatic rings. The lowest BCUT2D eigenvalue weighted by Crippen LogP contribution is -2.25. The van der Waals surface area contributed by atoms with Crippen molar-refractivity contribution < 1.29 is 33.3 Å². The molecule has 0 N–H and O–H groups in total. The zero-order valence-electron chi connectivity index (χ0n) is 20.3. The molecule has 0 amide bonds. The Bertz CT molecular complexity index is 833. The summed E-state index contributed by atoms with van der Waals surface area (Å²) < 4.78 is 20.7. The Labute approximate surface area is 202 Å². The molecule has 0 bridgehead atoms. The summed E-state index contributed by atoms with van der Waals surface area (Å²) in [5, 5.41) is 0. The Morgan fingerprint density at radius 2 is 1.62 bits per heavy atom. The van der Waals surface area contributed by atoms with Crippen LogP contribution in [0.3, 0.4) is 0 Å². The first kappa shape index (κ1) is 27.3. The van der Waals surface area contributed by atoms with Crippen molar-refractivity contribution in [1.29, 1.82) is 0 Å². The topological polar surface area (TPSA) is 88.1 Å². The molecule has 1 aliphatic carbocycles. The molecule has 1 aliphatic rings. The van der Waals surface area contributed by atoms with Crippen molar-refractivity contribution in [2.45, 2.75) is 52.4 Å². The van der Waals surface area contributed by atoms with Crippen molar-refractivity contribution in [1.82, 2.24) is 0 Å². The maximum Gasteiger partial charge on any atom is 0.333 e. The molecule has 0 aromatic heterocycles. The van der Waals surface area contributed by atoms with Gasteiger partial charge in [0, 0.05) is 11.6 Å². The molecule has 1 saturated carbocycles. The molecule has 7 heteroatoms. The number of carbonyl (C=O) groups excluding carboxylic acids is 3. The first-order valence-corrected chi connectivity index (χ1v) is 12.0. The van der Waals surface area contributed by atoms with Crippen LogP contribution in [0.5, 0.6) is 5.75 Å². The number of ether oxygens (including phenoxy) is 4. The molecule has 1 fully saturated rings. The Hall–Kier alpha value is -2.93. The van der Waals surface area contributed by atoms with E-state index >= 15 is 0 Å². The summed E-state index contributed by atoms with van der Waals surface area (Å²) in [6.45, 7) is 7.87. The van der Waals surface area contributed by atoms with Crippen molar-refractivity contribution >= 4 is 24.0 Å². The zero-order valence-corrected chi connectivity index (χ0v) is 20.3. The van der Waals surface area contributed by atoms with Crippen LogP contribution in [0.4, 0.5) is 0 Å². The molecule has 186 valence electrons. The van der Waals surface area contributed by atoms with Crippen LogP contribution >= 0.6 is 0 Å². The average molecular weight is 473 g/mol. The summed E-state index contributed by atoms with van der Waals surface area (Å²) in [7, 11) is 0. The number of rotatable bonds is 13. The van der Waals surface area contributed by atoms with Gasteiger partial charge in [-0.2, -0.15) is 0 Å². The quantitative estimate of drug-likeness (QED) is 0.175. The van der Waals surface area contributed by atoms with Gasteiger partial charge in [-0.05, 0) is 62.3 Å². The van der Waals surface area contributed by atoms with Gasteiger partial charge in [0.2, 0.25) is 0 Å². The van der Waals surface area contributed by atoms with Crippen molar-refractivity contribution in [3.05, 3.63) is 48.1 Å². The van der Waals surface area contributed by atoms with Crippen LogP contribution in [0.1, 0.15) is 57.9 Å².